The molecule has 1 aliphatic heterocycles. The molecule has 0 amide bonds. The minimum atomic E-state index is -0.421. The fourth-order valence-corrected chi connectivity index (χ4v) is 2.97. The van der Waals surface area contributed by atoms with Crippen LogP contribution in [0.3, 0.4) is 0 Å². The van der Waals surface area contributed by atoms with E-state index in [1.54, 1.807) is 0 Å². The van der Waals surface area contributed by atoms with Crippen LogP contribution in [0, 0.1) is 0 Å². The molecule has 2 aliphatic rings. The molecule has 8 heteroatoms. The zero-order valence-electron chi connectivity index (χ0n) is 11.0. The van der Waals surface area contributed by atoms with Crippen molar-refractivity contribution >= 4 is 28.3 Å². The van der Waals surface area contributed by atoms with Crippen LogP contribution in [0.1, 0.15) is 25.1 Å². The van der Waals surface area contributed by atoms with E-state index in [4.69, 9.17) is 19.7 Å². The highest BCUT2D eigenvalue weighted by Crippen LogP contribution is 2.43. The summed E-state index contributed by atoms with van der Waals surface area (Å²) >= 11 is 3.45. The van der Waals surface area contributed by atoms with E-state index in [2.05, 4.69) is 26.1 Å². The molecule has 0 saturated heterocycles. The first-order valence-corrected chi connectivity index (χ1v) is 7.18. The summed E-state index contributed by atoms with van der Waals surface area (Å²) in [6.45, 7) is 0.221. The summed E-state index contributed by atoms with van der Waals surface area (Å²) in [4.78, 5) is 4.42. The van der Waals surface area contributed by atoms with Gasteiger partial charge in [-0.2, -0.15) is 4.98 Å². The molecule has 1 aromatic carbocycles. The summed E-state index contributed by atoms with van der Waals surface area (Å²) in [6.07, 6.45) is 2.91. The average Bonchev–Trinajstić information content (AvgIpc) is 3.04. The third-order valence-corrected chi connectivity index (χ3v) is 4.38. The smallest absolute Gasteiger partial charge is 0.258 e. The number of hydrogen-bond acceptors (Lipinski definition) is 6. The van der Waals surface area contributed by atoms with Crippen LogP contribution in [0.2, 0.25) is 0 Å². The largest absolute Gasteiger partial charge is 0.454 e. The molecular weight excluding hydrogens is 362 g/mol. The third kappa shape index (κ3) is 2.29. The predicted molar refractivity (Wildman–Crippen MR) is 80.5 cm³/mol. The molecule has 2 heterocycles. The lowest BCUT2D eigenvalue weighted by Crippen LogP contribution is -2.44. The lowest BCUT2D eigenvalue weighted by molar-refractivity contribution is 0.173. The van der Waals surface area contributed by atoms with E-state index < -0.39 is 5.54 Å². The van der Waals surface area contributed by atoms with Gasteiger partial charge in [-0.05, 0) is 47.3 Å². The second-order valence-corrected chi connectivity index (χ2v) is 5.98. The Bertz CT molecular complexity index is 687. The Balaban J connectivity index is 0.00000132. The first-order valence-electron chi connectivity index (χ1n) is 6.38. The van der Waals surface area contributed by atoms with Crippen molar-refractivity contribution in [2.45, 2.75) is 24.8 Å². The maximum absolute atomic E-state index is 6.20. The van der Waals surface area contributed by atoms with E-state index in [1.165, 1.54) is 0 Å². The van der Waals surface area contributed by atoms with Gasteiger partial charge < -0.3 is 19.7 Å². The van der Waals surface area contributed by atoms with Gasteiger partial charge in [0.25, 0.3) is 5.89 Å². The van der Waals surface area contributed by atoms with Crippen LogP contribution in [0.4, 0.5) is 0 Å². The van der Waals surface area contributed by atoms with Gasteiger partial charge in [0.1, 0.15) is 0 Å². The fraction of sp³-hybridized carbons (Fsp3) is 0.385. The van der Waals surface area contributed by atoms with Gasteiger partial charge >= 0.3 is 0 Å². The number of rotatable bonds is 2. The zero-order chi connectivity index (χ0) is 13.7. The molecular formula is C13H13BrClN3O3. The van der Waals surface area contributed by atoms with Gasteiger partial charge in [0.15, 0.2) is 17.3 Å². The van der Waals surface area contributed by atoms with E-state index in [1.807, 2.05) is 12.1 Å². The first kappa shape index (κ1) is 14.6. The lowest BCUT2D eigenvalue weighted by Gasteiger charge is -2.34. The molecule has 6 nitrogen and oxygen atoms in total. The Morgan fingerprint density at radius 2 is 2.05 bits per heavy atom. The van der Waals surface area contributed by atoms with Crippen molar-refractivity contribution in [3.05, 3.63) is 22.4 Å². The van der Waals surface area contributed by atoms with E-state index in [0.29, 0.717) is 23.2 Å². The lowest BCUT2D eigenvalue weighted by atomic mass is 9.77. The molecule has 21 heavy (non-hydrogen) atoms. The Morgan fingerprint density at radius 3 is 2.76 bits per heavy atom. The van der Waals surface area contributed by atoms with Crippen molar-refractivity contribution in [1.29, 1.82) is 0 Å². The molecule has 112 valence electrons. The first-order chi connectivity index (χ1) is 9.66. The number of aromatic nitrogens is 2. The summed E-state index contributed by atoms with van der Waals surface area (Å²) in [5.41, 5.74) is 6.56. The maximum atomic E-state index is 6.20. The van der Waals surface area contributed by atoms with E-state index >= 15 is 0 Å². The topological polar surface area (TPSA) is 83.4 Å². The maximum Gasteiger partial charge on any atom is 0.258 e. The summed E-state index contributed by atoms with van der Waals surface area (Å²) in [5, 5.41) is 4.01. The molecule has 1 saturated carbocycles. The minimum absolute atomic E-state index is 0. The third-order valence-electron chi connectivity index (χ3n) is 3.79. The van der Waals surface area contributed by atoms with Crippen molar-refractivity contribution < 1.29 is 14.0 Å². The van der Waals surface area contributed by atoms with Crippen LogP contribution in [0.15, 0.2) is 21.1 Å². The molecule has 1 aliphatic carbocycles. The SMILES string of the molecule is Cl.NC1(c2noc(-c3cc(Br)c4c(c3)OCO4)n2)CCC1. The van der Waals surface area contributed by atoms with Crippen molar-refractivity contribution in [2.75, 3.05) is 6.79 Å². The number of hydrogen-bond donors (Lipinski definition) is 1. The molecule has 0 bridgehead atoms. The van der Waals surface area contributed by atoms with Crippen molar-refractivity contribution in [3.63, 3.8) is 0 Å². The molecule has 0 unspecified atom stereocenters. The molecule has 2 aromatic rings. The van der Waals surface area contributed by atoms with Gasteiger partial charge in [0.05, 0.1) is 10.0 Å². The highest BCUT2D eigenvalue weighted by Gasteiger charge is 2.39. The van der Waals surface area contributed by atoms with Gasteiger partial charge in [0.2, 0.25) is 6.79 Å². The number of nitrogens with two attached hydrogens (primary N) is 1. The molecule has 1 aromatic heterocycles. The summed E-state index contributed by atoms with van der Waals surface area (Å²) in [5.74, 6) is 2.38. The zero-order valence-corrected chi connectivity index (χ0v) is 13.4. The number of halogens is 2. The normalized spacial score (nSPS) is 18.0. The molecule has 4 rings (SSSR count). The van der Waals surface area contributed by atoms with Crippen LogP contribution in [0.5, 0.6) is 11.5 Å². The Labute approximate surface area is 135 Å². The van der Waals surface area contributed by atoms with E-state index in [-0.39, 0.29) is 19.2 Å². The van der Waals surface area contributed by atoms with Crippen LogP contribution in [0.25, 0.3) is 11.5 Å². The predicted octanol–water partition coefficient (Wildman–Crippen LogP) is 2.99. The molecule has 0 radical (unpaired) electrons. The second-order valence-electron chi connectivity index (χ2n) is 5.12. The van der Waals surface area contributed by atoms with E-state index in [9.17, 15) is 0 Å². The Hall–Kier alpha value is -1.31. The van der Waals surface area contributed by atoms with Crippen LogP contribution in [-0.4, -0.2) is 16.9 Å². The van der Waals surface area contributed by atoms with E-state index in [0.717, 1.165) is 29.3 Å². The fourth-order valence-electron chi connectivity index (χ4n) is 2.42. The quantitative estimate of drug-likeness (QED) is 0.870. The summed E-state index contributed by atoms with van der Waals surface area (Å²) in [6, 6.07) is 3.70. The minimum Gasteiger partial charge on any atom is -0.454 e. The second kappa shape index (κ2) is 5.15. The summed E-state index contributed by atoms with van der Waals surface area (Å²) < 4.78 is 16.9. The molecule has 0 spiro atoms. The van der Waals surface area contributed by atoms with Gasteiger partial charge in [-0.3, -0.25) is 0 Å². The van der Waals surface area contributed by atoms with Gasteiger partial charge in [0, 0.05) is 5.56 Å². The van der Waals surface area contributed by atoms with Crippen molar-refractivity contribution in [2.24, 2.45) is 5.73 Å². The van der Waals surface area contributed by atoms with Gasteiger partial charge in [-0.1, -0.05) is 5.16 Å². The highest BCUT2D eigenvalue weighted by molar-refractivity contribution is 9.10. The summed E-state index contributed by atoms with van der Waals surface area (Å²) in [7, 11) is 0. The average molecular weight is 375 g/mol. The Morgan fingerprint density at radius 1 is 1.24 bits per heavy atom. The number of nitrogens with zero attached hydrogens (tertiary/aromatic N) is 2. The van der Waals surface area contributed by atoms with Crippen molar-refractivity contribution in [3.8, 4) is 23.0 Å². The highest BCUT2D eigenvalue weighted by atomic mass is 79.9. The number of fused-ring (bicyclic) bond motifs is 1. The van der Waals surface area contributed by atoms with Crippen molar-refractivity contribution in [1.82, 2.24) is 10.1 Å². The van der Waals surface area contributed by atoms with Gasteiger partial charge in [-0.15, -0.1) is 12.4 Å². The van der Waals surface area contributed by atoms with Gasteiger partial charge in [-0.25, -0.2) is 0 Å². The monoisotopic (exact) mass is 373 g/mol. The molecule has 2 N–H and O–H groups in total. The van der Waals surface area contributed by atoms with Crippen LogP contribution in [-0.2, 0) is 5.54 Å². The Kier molecular flexibility index (Phi) is 3.59. The molecule has 0 atom stereocenters. The van der Waals surface area contributed by atoms with Crippen LogP contribution < -0.4 is 15.2 Å². The van der Waals surface area contributed by atoms with Crippen LogP contribution >= 0.6 is 28.3 Å². The number of ether oxygens (including phenoxy) is 2. The number of benzene rings is 1. The molecule has 1 fully saturated rings. The standard InChI is InChI=1S/C13H12BrN3O3.ClH/c14-8-4-7(5-9-10(8)19-6-18-9)11-16-12(17-20-11)13(15)2-1-3-13;/h4-5H,1-3,6,15H2;1H.